The summed E-state index contributed by atoms with van der Waals surface area (Å²) in [7, 11) is 0. The van der Waals surface area contributed by atoms with Gasteiger partial charge >= 0.3 is 0 Å². The van der Waals surface area contributed by atoms with Gasteiger partial charge in [-0.25, -0.2) is 27.8 Å². The number of nitrogens with two attached hydrogens (primary N) is 1. The average Bonchev–Trinajstić information content (AvgIpc) is 3.33. The Labute approximate surface area is 198 Å². The van der Waals surface area contributed by atoms with Crippen molar-refractivity contribution in [3.05, 3.63) is 65.6 Å². The van der Waals surface area contributed by atoms with Gasteiger partial charge in [0.1, 0.15) is 24.0 Å². The minimum Gasteiger partial charge on any atom is -0.394 e. The largest absolute Gasteiger partial charge is 0.394 e. The maximum atomic E-state index is 13.7. The molecule has 1 aromatic heterocycles. The van der Waals surface area contributed by atoms with Crippen LogP contribution in [0.1, 0.15) is 18.0 Å². The van der Waals surface area contributed by atoms with Crippen LogP contribution >= 0.6 is 0 Å². The van der Waals surface area contributed by atoms with E-state index in [1.807, 2.05) is 19.1 Å². The summed E-state index contributed by atoms with van der Waals surface area (Å²) < 4.78 is 47.8. The Bertz CT molecular complexity index is 1220. The maximum absolute atomic E-state index is 13.7. The highest BCUT2D eigenvalue weighted by Gasteiger charge is 2.41. The van der Waals surface area contributed by atoms with Gasteiger partial charge in [0.15, 0.2) is 23.3 Å². The molecule has 4 unspecified atom stereocenters. The molecule has 0 spiro atoms. The van der Waals surface area contributed by atoms with E-state index in [4.69, 9.17) is 10.5 Å². The van der Waals surface area contributed by atoms with Gasteiger partial charge in [0.2, 0.25) is 0 Å². The lowest BCUT2D eigenvalue weighted by Crippen LogP contribution is -2.49. The maximum Gasteiger partial charge on any atom is 0.194 e. The van der Waals surface area contributed by atoms with Crippen molar-refractivity contribution in [1.29, 1.82) is 0 Å². The Morgan fingerprint density at radius 1 is 1.23 bits per heavy atom. The summed E-state index contributed by atoms with van der Waals surface area (Å²) in [6.45, 7) is 1.43. The molecule has 3 aromatic rings. The van der Waals surface area contributed by atoms with Crippen molar-refractivity contribution in [1.82, 2.24) is 15.0 Å². The first-order chi connectivity index (χ1) is 16.8. The first-order valence-corrected chi connectivity index (χ1v) is 10.7. The summed E-state index contributed by atoms with van der Waals surface area (Å²) in [6.07, 6.45) is -0.447. The van der Waals surface area contributed by atoms with Gasteiger partial charge in [-0.2, -0.15) is 0 Å². The molecule has 2 aromatic carbocycles. The van der Waals surface area contributed by atoms with Crippen LogP contribution in [-0.4, -0.2) is 62.3 Å². The molecule has 2 heterocycles. The van der Waals surface area contributed by atoms with Crippen molar-refractivity contribution in [2.75, 3.05) is 6.61 Å². The minimum atomic E-state index is -1.59. The lowest BCUT2D eigenvalue weighted by atomic mass is 9.95. The Balaban J connectivity index is 1.66. The summed E-state index contributed by atoms with van der Waals surface area (Å²) in [4.78, 5) is 8.62. The highest BCUT2D eigenvalue weighted by atomic mass is 19.2. The molecule has 0 amide bonds. The monoisotopic (exact) mass is 488 g/mol. The number of nitrogens with zero attached hydrogens (tertiary/aromatic N) is 5. The van der Waals surface area contributed by atoms with Crippen LogP contribution in [-0.2, 0) is 4.74 Å². The van der Waals surface area contributed by atoms with Crippen molar-refractivity contribution >= 4 is 17.9 Å². The highest BCUT2D eigenvalue weighted by molar-refractivity contribution is 5.94. The molecule has 12 heteroatoms. The molecule has 4 atom stereocenters. The number of aliphatic imine (C=N–C) groups is 2. The second kappa shape index (κ2) is 10.3. The number of hydrogen-bond donors (Lipinski definition) is 3. The third-order valence-electron chi connectivity index (χ3n) is 5.65. The third-order valence-corrected chi connectivity index (χ3v) is 5.65. The lowest BCUT2D eigenvalue weighted by Gasteiger charge is -2.38. The van der Waals surface area contributed by atoms with E-state index in [1.54, 1.807) is 12.1 Å². The Hall–Kier alpha value is -3.61. The summed E-state index contributed by atoms with van der Waals surface area (Å²) in [6, 6.07) is 8.19. The van der Waals surface area contributed by atoms with E-state index >= 15 is 0 Å². The smallest absolute Gasteiger partial charge is 0.194 e. The zero-order valence-electron chi connectivity index (χ0n) is 18.6. The highest BCUT2D eigenvalue weighted by Crippen LogP contribution is 2.32. The van der Waals surface area contributed by atoms with Gasteiger partial charge in [-0.1, -0.05) is 22.9 Å². The number of aromatic nitrogens is 3. The number of hydrogen-bond acceptors (Lipinski definition) is 6. The van der Waals surface area contributed by atoms with E-state index in [0.29, 0.717) is 5.69 Å². The van der Waals surface area contributed by atoms with Gasteiger partial charge in [0.05, 0.1) is 30.9 Å². The van der Waals surface area contributed by atoms with Crippen LogP contribution in [0.4, 0.5) is 18.9 Å². The molecule has 184 valence electrons. The van der Waals surface area contributed by atoms with Crippen LogP contribution < -0.4 is 5.73 Å². The van der Waals surface area contributed by atoms with E-state index in [2.05, 4.69) is 20.3 Å². The van der Waals surface area contributed by atoms with Crippen LogP contribution in [0, 0.1) is 24.4 Å². The third kappa shape index (κ3) is 5.24. The molecule has 0 radical (unpaired) electrons. The average molecular weight is 488 g/mol. The van der Waals surface area contributed by atoms with Crippen LogP contribution in [0.25, 0.3) is 11.3 Å². The van der Waals surface area contributed by atoms with E-state index < -0.39 is 48.4 Å². The number of amidine groups is 1. The Kier molecular flexibility index (Phi) is 7.24. The normalized spacial score (nSPS) is 23.2. The van der Waals surface area contributed by atoms with Crippen molar-refractivity contribution in [3.8, 4) is 11.3 Å². The van der Waals surface area contributed by atoms with E-state index in [0.717, 1.165) is 24.0 Å². The topological polar surface area (TPSA) is 131 Å². The number of benzene rings is 2. The molecule has 4 rings (SSSR count). The second-order valence-corrected chi connectivity index (χ2v) is 8.06. The number of rotatable bonds is 5. The van der Waals surface area contributed by atoms with Crippen molar-refractivity contribution in [2.45, 2.75) is 37.7 Å². The van der Waals surface area contributed by atoms with E-state index in [1.165, 1.54) is 10.9 Å². The zero-order valence-corrected chi connectivity index (χ0v) is 18.6. The van der Waals surface area contributed by atoms with E-state index in [-0.39, 0.29) is 23.5 Å². The summed E-state index contributed by atoms with van der Waals surface area (Å²) >= 11 is 0. The van der Waals surface area contributed by atoms with Crippen LogP contribution in [0.5, 0.6) is 0 Å². The standard InChI is InChI=1S/C23H23F3N6O3/c1-12-2-4-14(5-3-12)29-23(28-11-27)19-8-18(22(34)20(10-33)35-19)32-9-17(30-31-32)13-6-15(24)21(26)16(25)7-13/h2-7,9,11,18-20,22,33-34H,8,10H2,1H3,(H2,27,28,29). The summed E-state index contributed by atoms with van der Waals surface area (Å²) in [5, 5.41) is 28.5. The predicted molar refractivity (Wildman–Crippen MR) is 122 cm³/mol. The Morgan fingerprint density at radius 3 is 2.54 bits per heavy atom. The van der Waals surface area contributed by atoms with E-state index in [9.17, 15) is 23.4 Å². The molecule has 9 nitrogen and oxygen atoms in total. The number of aliphatic hydroxyl groups is 2. The quantitative estimate of drug-likeness (QED) is 0.287. The molecule has 35 heavy (non-hydrogen) atoms. The van der Waals surface area contributed by atoms with Gasteiger partial charge in [0, 0.05) is 12.0 Å². The van der Waals surface area contributed by atoms with Crippen LogP contribution in [0.2, 0.25) is 0 Å². The first kappa shape index (κ1) is 24.5. The van der Waals surface area contributed by atoms with Gasteiger partial charge in [-0.3, -0.25) is 0 Å². The summed E-state index contributed by atoms with van der Waals surface area (Å²) in [5.74, 6) is -4.10. The van der Waals surface area contributed by atoms with Crippen molar-refractivity contribution in [3.63, 3.8) is 0 Å². The molecule has 1 aliphatic heterocycles. The fourth-order valence-electron chi connectivity index (χ4n) is 3.82. The number of aryl methyl sites for hydroxylation is 1. The molecule has 1 saturated heterocycles. The predicted octanol–water partition coefficient (Wildman–Crippen LogP) is 2.44. The molecular formula is C23H23F3N6O3. The SMILES string of the molecule is Cc1ccc(N=C(N=CN)C2CC(n3cc(-c4cc(F)c(F)c(F)c4)nn3)C(O)C(CO)O2)cc1. The minimum absolute atomic E-state index is 0.0289. The lowest BCUT2D eigenvalue weighted by molar-refractivity contribution is -0.137. The van der Waals surface area contributed by atoms with Crippen molar-refractivity contribution < 1.29 is 28.1 Å². The molecule has 1 fully saturated rings. The fraction of sp³-hybridized carbons (Fsp3) is 0.304. The number of aliphatic hydroxyl groups excluding tert-OH is 2. The molecule has 1 aliphatic rings. The number of halogens is 3. The zero-order chi connectivity index (χ0) is 25.1. The van der Waals surface area contributed by atoms with Gasteiger partial charge < -0.3 is 20.7 Å². The first-order valence-electron chi connectivity index (χ1n) is 10.7. The van der Waals surface area contributed by atoms with Gasteiger partial charge in [-0.05, 0) is 31.2 Å². The fourth-order valence-corrected chi connectivity index (χ4v) is 3.82. The van der Waals surface area contributed by atoms with Crippen LogP contribution in [0.3, 0.4) is 0 Å². The molecule has 0 bridgehead atoms. The molecule has 0 saturated carbocycles. The second-order valence-electron chi connectivity index (χ2n) is 8.06. The Morgan fingerprint density at radius 2 is 1.91 bits per heavy atom. The molecule has 4 N–H and O–H groups in total. The molecular weight excluding hydrogens is 465 g/mol. The number of ether oxygens (including phenoxy) is 1. The summed E-state index contributed by atoms with van der Waals surface area (Å²) in [5.41, 5.74) is 7.20. The van der Waals surface area contributed by atoms with Gasteiger partial charge in [-0.15, -0.1) is 5.10 Å². The van der Waals surface area contributed by atoms with Crippen LogP contribution in [0.15, 0.2) is 52.6 Å². The van der Waals surface area contributed by atoms with Crippen molar-refractivity contribution in [2.24, 2.45) is 15.7 Å². The molecule has 0 aliphatic carbocycles. The van der Waals surface area contributed by atoms with Gasteiger partial charge in [0.25, 0.3) is 0 Å².